The summed E-state index contributed by atoms with van der Waals surface area (Å²) < 4.78 is 13.9. The topological polar surface area (TPSA) is 18.5 Å². The SMILES string of the molecule is Brc1ccc(C(c2ccc(Br)cc2)c2ccc(OC3CCCCO3)cc2)cc1. The van der Waals surface area contributed by atoms with E-state index < -0.39 is 0 Å². The van der Waals surface area contributed by atoms with E-state index >= 15 is 0 Å². The lowest BCUT2D eigenvalue weighted by Crippen LogP contribution is -2.24. The predicted octanol–water partition coefficient (Wildman–Crippen LogP) is 7.30. The number of benzene rings is 3. The molecule has 0 aromatic heterocycles. The molecule has 1 heterocycles. The van der Waals surface area contributed by atoms with E-state index in [4.69, 9.17) is 9.47 Å². The summed E-state index contributed by atoms with van der Waals surface area (Å²) >= 11 is 7.08. The summed E-state index contributed by atoms with van der Waals surface area (Å²) in [4.78, 5) is 0. The highest BCUT2D eigenvalue weighted by Crippen LogP contribution is 2.34. The van der Waals surface area contributed by atoms with Gasteiger partial charge in [0.25, 0.3) is 0 Å². The molecule has 28 heavy (non-hydrogen) atoms. The van der Waals surface area contributed by atoms with Gasteiger partial charge in [-0.2, -0.15) is 0 Å². The van der Waals surface area contributed by atoms with E-state index in [9.17, 15) is 0 Å². The van der Waals surface area contributed by atoms with Crippen LogP contribution in [0.4, 0.5) is 0 Å². The van der Waals surface area contributed by atoms with Crippen molar-refractivity contribution in [2.45, 2.75) is 31.5 Å². The van der Waals surface area contributed by atoms with E-state index in [1.165, 1.54) is 16.7 Å². The molecule has 1 saturated heterocycles. The van der Waals surface area contributed by atoms with Crippen molar-refractivity contribution in [2.24, 2.45) is 0 Å². The maximum absolute atomic E-state index is 6.00. The van der Waals surface area contributed by atoms with Crippen molar-refractivity contribution in [2.75, 3.05) is 6.61 Å². The molecule has 1 atom stereocenters. The van der Waals surface area contributed by atoms with Gasteiger partial charge >= 0.3 is 0 Å². The fraction of sp³-hybridized carbons (Fsp3) is 0.250. The monoisotopic (exact) mass is 500 g/mol. The minimum Gasteiger partial charge on any atom is -0.465 e. The zero-order valence-electron chi connectivity index (χ0n) is 15.5. The van der Waals surface area contributed by atoms with Crippen LogP contribution in [0.15, 0.2) is 81.7 Å². The minimum absolute atomic E-state index is 0.117. The molecule has 0 saturated carbocycles. The molecule has 0 N–H and O–H groups in total. The van der Waals surface area contributed by atoms with Gasteiger partial charge in [-0.05, 0) is 65.9 Å². The largest absolute Gasteiger partial charge is 0.465 e. The van der Waals surface area contributed by atoms with Crippen LogP contribution in [-0.4, -0.2) is 12.9 Å². The van der Waals surface area contributed by atoms with Crippen molar-refractivity contribution >= 4 is 31.9 Å². The molecule has 0 amide bonds. The molecule has 1 aliphatic heterocycles. The van der Waals surface area contributed by atoms with Gasteiger partial charge in [0.05, 0.1) is 6.61 Å². The van der Waals surface area contributed by atoms with Crippen LogP contribution in [0.2, 0.25) is 0 Å². The fourth-order valence-corrected chi connectivity index (χ4v) is 4.11. The van der Waals surface area contributed by atoms with Crippen LogP contribution in [0, 0.1) is 0 Å². The van der Waals surface area contributed by atoms with Crippen LogP contribution in [0.25, 0.3) is 0 Å². The molecular formula is C24H22Br2O2. The third kappa shape index (κ3) is 4.86. The normalized spacial score (nSPS) is 16.9. The Morgan fingerprint density at radius 2 is 1.21 bits per heavy atom. The third-order valence-corrected chi connectivity index (χ3v) is 6.08. The van der Waals surface area contributed by atoms with Gasteiger partial charge in [0.1, 0.15) is 5.75 Å². The van der Waals surface area contributed by atoms with Gasteiger partial charge in [0.15, 0.2) is 6.29 Å². The Balaban J connectivity index is 1.62. The summed E-state index contributed by atoms with van der Waals surface area (Å²) in [5, 5.41) is 0. The third-order valence-electron chi connectivity index (χ3n) is 5.03. The summed E-state index contributed by atoms with van der Waals surface area (Å²) in [6.07, 6.45) is 3.13. The zero-order chi connectivity index (χ0) is 19.3. The molecule has 1 fully saturated rings. The Kier molecular flexibility index (Phi) is 6.50. The Morgan fingerprint density at radius 3 is 1.68 bits per heavy atom. The summed E-state index contributed by atoms with van der Waals surface area (Å²) in [6, 6.07) is 25.5. The van der Waals surface area contributed by atoms with Crippen LogP contribution in [0.1, 0.15) is 41.9 Å². The highest BCUT2D eigenvalue weighted by molar-refractivity contribution is 9.10. The maximum atomic E-state index is 6.00. The zero-order valence-corrected chi connectivity index (χ0v) is 18.7. The van der Waals surface area contributed by atoms with Gasteiger partial charge in [-0.3, -0.25) is 0 Å². The molecule has 0 aliphatic carbocycles. The Labute approximate surface area is 183 Å². The first-order chi connectivity index (χ1) is 13.7. The van der Waals surface area contributed by atoms with Crippen molar-refractivity contribution in [1.29, 1.82) is 0 Å². The second kappa shape index (κ2) is 9.25. The van der Waals surface area contributed by atoms with E-state index in [2.05, 4.69) is 105 Å². The molecule has 0 bridgehead atoms. The van der Waals surface area contributed by atoms with Gasteiger partial charge in [0, 0.05) is 21.3 Å². The minimum atomic E-state index is -0.117. The summed E-state index contributed by atoms with van der Waals surface area (Å²) in [5.41, 5.74) is 3.76. The van der Waals surface area contributed by atoms with E-state index in [0.717, 1.165) is 40.6 Å². The van der Waals surface area contributed by atoms with E-state index in [1.807, 2.05) is 0 Å². The second-order valence-corrected chi connectivity index (χ2v) is 8.85. The fourth-order valence-electron chi connectivity index (χ4n) is 3.58. The van der Waals surface area contributed by atoms with Crippen molar-refractivity contribution in [3.8, 4) is 5.75 Å². The van der Waals surface area contributed by atoms with E-state index in [-0.39, 0.29) is 12.2 Å². The number of ether oxygens (including phenoxy) is 2. The first kappa shape index (κ1) is 19.7. The van der Waals surface area contributed by atoms with Crippen molar-refractivity contribution in [3.63, 3.8) is 0 Å². The molecule has 0 radical (unpaired) electrons. The first-order valence-electron chi connectivity index (χ1n) is 9.58. The smallest absolute Gasteiger partial charge is 0.199 e. The van der Waals surface area contributed by atoms with Gasteiger partial charge < -0.3 is 9.47 Å². The molecule has 144 valence electrons. The lowest BCUT2D eigenvalue weighted by molar-refractivity contribution is -0.105. The van der Waals surface area contributed by atoms with Gasteiger partial charge in [-0.25, -0.2) is 0 Å². The Bertz CT molecular complexity index is 838. The number of rotatable bonds is 5. The van der Waals surface area contributed by atoms with Gasteiger partial charge in [0.2, 0.25) is 0 Å². The molecule has 0 spiro atoms. The van der Waals surface area contributed by atoms with E-state index in [0.29, 0.717) is 0 Å². The molecule has 1 unspecified atom stereocenters. The molecule has 3 aromatic rings. The van der Waals surface area contributed by atoms with Crippen LogP contribution in [-0.2, 0) is 4.74 Å². The molecule has 3 aromatic carbocycles. The maximum Gasteiger partial charge on any atom is 0.199 e. The van der Waals surface area contributed by atoms with Crippen LogP contribution in [0.5, 0.6) is 5.75 Å². The summed E-state index contributed by atoms with van der Waals surface area (Å²) in [6.45, 7) is 0.790. The highest BCUT2D eigenvalue weighted by atomic mass is 79.9. The average molecular weight is 502 g/mol. The van der Waals surface area contributed by atoms with Crippen molar-refractivity contribution < 1.29 is 9.47 Å². The molecule has 2 nitrogen and oxygen atoms in total. The number of halogens is 2. The lowest BCUT2D eigenvalue weighted by Gasteiger charge is -2.24. The lowest BCUT2D eigenvalue weighted by atomic mass is 9.85. The summed E-state index contributed by atoms with van der Waals surface area (Å²) in [7, 11) is 0. The molecule has 4 heteroatoms. The number of hydrogen-bond acceptors (Lipinski definition) is 2. The van der Waals surface area contributed by atoms with Crippen molar-refractivity contribution in [1.82, 2.24) is 0 Å². The standard InChI is InChI=1S/C24H22Br2O2/c25-20-10-4-17(5-11-20)24(18-6-12-21(26)13-7-18)19-8-14-22(15-9-19)28-23-3-1-2-16-27-23/h4-15,23-24H,1-3,16H2. The van der Waals surface area contributed by atoms with Crippen LogP contribution >= 0.6 is 31.9 Å². The molecule has 4 rings (SSSR count). The number of hydrogen-bond donors (Lipinski definition) is 0. The van der Waals surface area contributed by atoms with Crippen LogP contribution in [0.3, 0.4) is 0 Å². The predicted molar refractivity (Wildman–Crippen MR) is 120 cm³/mol. The van der Waals surface area contributed by atoms with Crippen molar-refractivity contribution in [3.05, 3.63) is 98.4 Å². The molecule has 1 aliphatic rings. The molecular weight excluding hydrogens is 480 g/mol. The van der Waals surface area contributed by atoms with E-state index in [1.54, 1.807) is 0 Å². The Hall–Kier alpha value is -1.62. The summed E-state index contributed by atoms with van der Waals surface area (Å²) in [5.74, 6) is 1.03. The quantitative estimate of drug-likeness (QED) is 0.341. The van der Waals surface area contributed by atoms with Gasteiger partial charge in [-0.1, -0.05) is 68.3 Å². The highest BCUT2D eigenvalue weighted by Gasteiger charge is 2.18. The first-order valence-corrected chi connectivity index (χ1v) is 11.2. The Morgan fingerprint density at radius 1 is 0.714 bits per heavy atom. The second-order valence-electron chi connectivity index (χ2n) is 7.02. The average Bonchev–Trinajstić information content (AvgIpc) is 2.73. The van der Waals surface area contributed by atoms with Crippen LogP contribution < -0.4 is 4.74 Å². The van der Waals surface area contributed by atoms with Gasteiger partial charge in [-0.15, -0.1) is 0 Å².